The van der Waals surface area contributed by atoms with Crippen molar-refractivity contribution in [2.24, 2.45) is 11.6 Å². The van der Waals surface area contributed by atoms with E-state index >= 15 is 0 Å². The smallest absolute Gasteiger partial charge is 0.152 e. The first-order valence-corrected chi connectivity index (χ1v) is 3.00. The first-order chi connectivity index (χ1) is 4.84. The molecule has 0 aliphatic rings. The van der Waals surface area contributed by atoms with Gasteiger partial charge in [-0.05, 0) is 5.56 Å². The van der Waals surface area contributed by atoms with Gasteiger partial charge in [-0.1, -0.05) is 30.3 Å². The molecule has 3 heteroatoms. The molecule has 0 heterocycles. The predicted octanol–water partition coefficient (Wildman–Crippen LogP) is 0.534. The van der Waals surface area contributed by atoms with Crippen LogP contribution in [-0.4, -0.2) is 0 Å². The van der Waals surface area contributed by atoms with Crippen molar-refractivity contribution in [2.45, 2.75) is 6.23 Å². The molecular weight excluding hydrogens is 128 g/mol. The van der Waals surface area contributed by atoms with Crippen molar-refractivity contribution < 1.29 is 4.84 Å². The van der Waals surface area contributed by atoms with E-state index in [1.165, 1.54) is 0 Å². The third-order valence-electron chi connectivity index (χ3n) is 1.27. The summed E-state index contributed by atoms with van der Waals surface area (Å²) in [4.78, 5) is 4.41. The van der Waals surface area contributed by atoms with Crippen LogP contribution in [0.5, 0.6) is 0 Å². The zero-order valence-electron chi connectivity index (χ0n) is 5.53. The molecule has 0 saturated carbocycles. The highest BCUT2D eigenvalue weighted by Gasteiger charge is 2.00. The van der Waals surface area contributed by atoms with Gasteiger partial charge in [0.05, 0.1) is 0 Å². The van der Waals surface area contributed by atoms with E-state index in [1.54, 1.807) is 0 Å². The Morgan fingerprint density at radius 1 is 1.20 bits per heavy atom. The van der Waals surface area contributed by atoms with Gasteiger partial charge in [-0.3, -0.25) is 4.84 Å². The van der Waals surface area contributed by atoms with E-state index in [2.05, 4.69) is 4.84 Å². The minimum atomic E-state index is -0.513. The second-order valence-electron chi connectivity index (χ2n) is 1.97. The molecule has 0 radical (unpaired) electrons. The summed E-state index contributed by atoms with van der Waals surface area (Å²) in [6, 6.07) is 9.39. The summed E-state index contributed by atoms with van der Waals surface area (Å²) in [5, 5.41) is 0. The Kier molecular flexibility index (Phi) is 2.39. The number of benzene rings is 1. The van der Waals surface area contributed by atoms with Gasteiger partial charge in [-0.25, -0.2) is 5.90 Å². The fourth-order valence-electron chi connectivity index (χ4n) is 0.721. The van der Waals surface area contributed by atoms with Crippen molar-refractivity contribution >= 4 is 0 Å². The summed E-state index contributed by atoms with van der Waals surface area (Å²) in [6.45, 7) is 0. The molecule has 0 aromatic heterocycles. The van der Waals surface area contributed by atoms with E-state index < -0.39 is 6.23 Å². The van der Waals surface area contributed by atoms with Crippen molar-refractivity contribution in [3.63, 3.8) is 0 Å². The van der Waals surface area contributed by atoms with Gasteiger partial charge in [0.1, 0.15) is 0 Å². The second-order valence-corrected chi connectivity index (χ2v) is 1.97. The summed E-state index contributed by atoms with van der Waals surface area (Å²) >= 11 is 0. The van der Waals surface area contributed by atoms with E-state index in [0.717, 1.165) is 5.56 Å². The van der Waals surface area contributed by atoms with Gasteiger partial charge in [0.15, 0.2) is 6.23 Å². The first-order valence-electron chi connectivity index (χ1n) is 3.00. The Morgan fingerprint density at radius 2 is 1.80 bits per heavy atom. The Hall–Kier alpha value is -0.900. The summed E-state index contributed by atoms with van der Waals surface area (Å²) in [7, 11) is 0. The zero-order chi connectivity index (χ0) is 7.40. The average Bonchev–Trinajstić information content (AvgIpc) is 2.05. The molecule has 1 unspecified atom stereocenters. The molecule has 0 saturated heterocycles. The molecule has 3 nitrogen and oxygen atoms in total. The molecule has 0 amide bonds. The zero-order valence-corrected chi connectivity index (χ0v) is 5.53. The molecular formula is C7H10N2O. The Bertz CT molecular complexity index is 188. The third kappa shape index (κ3) is 1.54. The minimum Gasteiger partial charge on any atom is -0.301 e. The Labute approximate surface area is 59.5 Å². The molecule has 0 bridgehead atoms. The van der Waals surface area contributed by atoms with Gasteiger partial charge < -0.3 is 5.73 Å². The third-order valence-corrected chi connectivity index (χ3v) is 1.27. The topological polar surface area (TPSA) is 61.3 Å². The van der Waals surface area contributed by atoms with Gasteiger partial charge in [-0.15, -0.1) is 0 Å². The molecule has 0 fully saturated rings. The van der Waals surface area contributed by atoms with Crippen LogP contribution >= 0.6 is 0 Å². The number of nitrogens with two attached hydrogens (primary N) is 2. The monoisotopic (exact) mass is 138 g/mol. The summed E-state index contributed by atoms with van der Waals surface area (Å²) in [5.41, 5.74) is 6.33. The lowest BCUT2D eigenvalue weighted by atomic mass is 10.2. The van der Waals surface area contributed by atoms with Crippen LogP contribution in [0.15, 0.2) is 30.3 Å². The first kappa shape index (κ1) is 7.21. The van der Waals surface area contributed by atoms with Crippen LogP contribution in [0.1, 0.15) is 11.8 Å². The van der Waals surface area contributed by atoms with Crippen molar-refractivity contribution in [1.82, 2.24) is 0 Å². The average molecular weight is 138 g/mol. The molecule has 1 aromatic rings. The van der Waals surface area contributed by atoms with E-state index in [-0.39, 0.29) is 0 Å². The fourth-order valence-corrected chi connectivity index (χ4v) is 0.721. The molecule has 0 aliphatic heterocycles. The Morgan fingerprint density at radius 3 is 2.30 bits per heavy atom. The van der Waals surface area contributed by atoms with Crippen molar-refractivity contribution in [3.05, 3.63) is 35.9 Å². The maximum absolute atomic E-state index is 5.45. The van der Waals surface area contributed by atoms with Crippen LogP contribution in [0, 0.1) is 0 Å². The van der Waals surface area contributed by atoms with Gasteiger partial charge in [0, 0.05) is 0 Å². The van der Waals surface area contributed by atoms with E-state index in [9.17, 15) is 0 Å². The summed E-state index contributed by atoms with van der Waals surface area (Å²) in [5.74, 6) is 4.88. The fraction of sp³-hybridized carbons (Fsp3) is 0.143. The largest absolute Gasteiger partial charge is 0.301 e. The highest BCUT2D eigenvalue weighted by molar-refractivity contribution is 5.16. The van der Waals surface area contributed by atoms with Crippen molar-refractivity contribution in [1.29, 1.82) is 0 Å². The quantitative estimate of drug-likeness (QED) is 0.463. The molecule has 0 aliphatic carbocycles. The summed E-state index contributed by atoms with van der Waals surface area (Å²) in [6.07, 6.45) is -0.513. The molecule has 54 valence electrons. The van der Waals surface area contributed by atoms with Crippen LogP contribution in [0.2, 0.25) is 0 Å². The SMILES string of the molecule is NOC(N)c1ccccc1. The van der Waals surface area contributed by atoms with Crippen LogP contribution < -0.4 is 11.6 Å². The van der Waals surface area contributed by atoms with Gasteiger partial charge in [0.2, 0.25) is 0 Å². The van der Waals surface area contributed by atoms with E-state index in [1.807, 2.05) is 30.3 Å². The van der Waals surface area contributed by atoms with Gasteiger partial charge >= 0.3 is 0 Å². The standard InChI is InChI=1S/C7H10N2O/c8-7(10-9)6-4-2-1-3-5-6/h1-5,7H,8-9H2. The van der Waals surface area contributed by atoms with Crippen LogP contribution in [0.25, 0.3) is 0 Å². The number of hydrogen-bond donors (Lipinski definition) is 2. The normalized spacial score (nSPS) is 13.0. The second kappa shape index (κ2) is 3.31. The lowest BCUT2D eigenvalue weighted by Crippen LogP contribution is -2.17. The number of rotatable bonds is 2. The maximum Gasteiger partial charge on any atom is 0.152 e. The lowest BCUT2D eigenvalue weighted by Gasteiger charge is -2.06. The highest BCUT2D eigenvalue weighted by atomic mass is 16.6. The molecule has 1 atom stereocenters. The van der Waals surface area contributed by atoms with E-state index in [0.29, 0.717) is 0 Å². The molecule has 10 heavy (non-hydrogen) atoms. The predicted molar refractivity (Wildman–Crippen MR) is 38.6 cm³/mol. The van der Waals surface area contributed by atoms with Gasteiger partial charge in [-0.2, -0.15) is 0 Å². The Balaban J connectivity index is 2.75. The highest BCUT2D eigenvalue weighted by Crippen LogP contribution is 2.07. The molecule has 4 N–H and O–H groups in total. The van der Waals surface area contributed by atoms with Crippen LogP contribution in [0.4, 0.5) is 0 Å². The van der Waals surface area contributed by atoms with Crippen LogP contribution in [0.3, 0.4) is 0 Å². The lowest BCUT2D eigenvalue weighted by molar-refractivity contribution is 0.0575. The van der Waals surface area contributed by atoms with E-state index in [4.69, 9.17) is 11.6 Å². The number of hydrogen-bond acceptors (Lipinski definition) is 3. The van der Waals surface area contributed by atoms with Crippen molar-refractivity contribution in [2.75, 3.05) is 0 Å². The van der Waals surface area contributed by atoms with Crippen LogP contribution in [-0.2, 0) is 4.84 Å². The maximum atomic E-state index is 5.45. The van der Waals surface area contributed by atoms with Gasteiger partial charge in [0.25, 0.3) is 0 Å². The molecule has 0 spiro atoms. The molecule has 1 rings (SSSR count). The van der Waals surface area contributed by atoms with Crippen molar-refractivity contribution in [3.8, 4) is 0 Å². The minimum absolute atomic E-state index is 0.513. The molecule has 1 aromatic carbocycles. The summed E-state index contributed by atoms with van der Waals surface area (Å²) < 4.78 is 0.